The maximum atomic E-state index is 13.2. The van der Waals surface area contributed by atoms with Crippen LogP contribution in [0.3, 0.4) is 0 Å². The maximum Gasteiger partial charge on any atom is 0.328 e. The zero-order valence-corrected chi connectivity index (χ0v) is 18.5. The Balaban J connectivity index is 2.08. The number of aryl methyl sites for hydroxylation is 1. The molecule has 0 saturated carbocycles. The fraction of sp³-hybridized carbons (Fsp3) is 0.391. The molecule has 0 aliphatic heterocycles. The molecular formula is C23H28N4O4. The topological polar surface area (TPSA) is 95.3 Å². The number of carbonyl (C=O) groups is 2. The quantitative estimate of drug-likeness (QED) is 0.558. The number of hydrogen-bond acceptors (Lipinski definition) is 6. The second-order valence-corrected chi connectivity index (χ2v) is 7.67. The number of nitrogens with one attached hydrogen (secondary N) is 1. The van der Waals surface area contributed by atoms with Crippen LogP contribution in [0.1, 0.15) is 42.2 Å². The molecule has 8 heteroatoms. The van der Waals surface area contributed by atoms with Gasteiger partial charge in [0.2, 0.25) is 0 Å². The third-order valence-corrected chi connectivity index (χ3v) is 5.05. The van der Waals surface area contributed by atoms with Crippen LogP contribution in [0.4, 0.5) is 0 Å². The first kappa shape index (κ1) is 22.4. The van der Waals surface area contributed by atoms with Crippen molar-refractivity contribution in [1.29, 1.82) is 0 Å². The number of esters is 1. The van der Waals surface area contributed by atoms with Gasteiger partial charge in [0.25, 0.3) is 5.91 Å². The molecular weight excluding hydrogens is 396 g/mol. The number of hydrogen-bond donors (Lipinski definition) is 1. The predicted octanol–water partition coefficient (Wildman–Crippen LogP) is 3.30. The van der Waals surface area contributed by atoms with Crippen LogP contribution in [-0.2, 0) is 14.3 Å². The van der Waals surface area contributed by atoms with Gasteiger partial charge >= 0.3 is 5.97 Å². The standard InChI is InChI=1S/C23H28N4O4/c1-14(2)27-21-18(13-24-27)17(12-20(25-21)16-8-6-15(3)7-9-16)22(28)26-19(10-11-30-4)23(29)31-5/h6-9,12-14,19H,10-11H2,1-5H3,(H,26,28)/t19-/m1/s1. The number of ether oxygens (including phenoxy) is 2. The van der Waals surface area contributed by atoms with Gasteiger partial charge in [0.15, 0.2) is 5.65 Å². The molecule has 2 heterocycles. The van der Waals surface area contributed by atoms with E-state index in [0.29, 0.717) is 35.3 Å². The predicted molar refractivity (Wildman–Crippen MR) is 118 cm³/mol. The maximum absolute atomic E-state index is 13.2. The van der Waals surface area contributed by atoms with Crippen molar-refractivity contribution in [3.05, 3.63) is 47.7 Å². The monoisotopic (exact) mass is 424 g/mol. The van der Waals surface area contributed by atoms with Gasteiger partial charge in [0, 0.05) is 31.7 Å². The summed E-state index contributed by atoms with van der Waals surface area (Å²) in [6.45, 7) is 6.33. The molecule has 1 amide bonds. The summed E-state index contributed by atoms with van der Waals surface area (Å²) in [6, 6.07) is 8.92. The molecule has 8 nitrogen and oxygen atoms in total. The third-order valence-electron chi connectivity index (χ3n) is 5.05. The molecule has 1 N–H and O–H groups in total. The minimum Gasteiger partial charge on any atom is -0.467 e. The van der Waals surface area contributed by atoms with Gasteiger partial charge in [0.1, 0.15) is 6.04 Å². The number of pyridine rings is 1. The summed E-state index contributed by atoms with van der Waals surface area (Å²) in [5.74, 6) is -0.914. The molecule has 164 valence electrons. The molecule has 2 aromatic heterocycles. The fourth-order valence-electron chi connectivity index (χ4n) is 3.32. The van der Waals surface area contributed by atoms with E-state index in [0.717, 1.165) is 11.1 Å². The van der Waals surface area contributed by atoms with Crippen LogP contribution in [0.15, 0.2) is 36.5 Å². The van der Waals surface area contributed by atoms with Gasteiger partial charge in [-0.1, -0.05) is 29.8 Å². The molecule has 0 unspecified atom stereocenters. The average molecular weight is 425 g/mol. The molecule has 0 radical (unpaired) electrons. The first-order valence-corrected chi connectivity index (χ1v) is 10.2. The molecule has 0 aliphatic carbocycles. The van der Waals surface area contributed by atoms with E-state index in [1.807, 2.05) is 45.0 Å². The average Bonchev–Trinajstić information content (AvgIpc) is 3.20. The largest absolute Gasteiger partial charge is 0.467 e. The highest BCUT2D eigenvalue weighted by atomic mass is 16.5. The van der Waals surface area contributed by atoms with Gasteiger partial charge in [-0.05, 0) is 26.8 Å². The fourth-order valence-corrected chi connectivity index (χ4v) is 3.32. The second kappa shape index (κ2) is 9.70. The number of aromatic nitrogens is 3. The van der Waals surface area contributed by atoms with Crippen LogP contribution in [-0.4, -0.2) is 53.5 Å². The highest BCUT2D eigenvalue weighted by Gasteiger charge is 2.25. The Morgan fingerprint density at radius 1 is 1.16 bits per heavy atom. The van der Waals surface area contributed by atoms with Crippen molar-refractivity contribution in [3.8, 4) is 11.3 Å². The van der Waals surface area contributed by atoms with E-state index in [4.69, 9.17) is 14.5 Å². The lowest BCUT2D eigenvalue weighted by Crippen LogP contribution is -2.42. The molecule has 0 aliphatic rings. The number of benzene rings is 1. The number of fused-ring (bicyclic) bond motifs is 1. The Morgan fingerprint density at radius 3 is 2.48 bits per heavy atom. The van der Waals surface area contributed by atoms with E-state index in [2.05, 4.69) is 10.4 Å². The first-order chi connectivity index (χ1) is 14.8. The zero-order chi connectivity index (χ0) is 22.5. The van der Waals surface area contributed by atoms with Gasteiger partial charge in [-0.15, -0.1) is 0 Å². The van der Waals surface area contributed by atoms with Crippen LogP contribution in [0.25, 0.3) is 22.3 Å². The molecule has 0 bridgehead atoms. The number of rotatable bonds is 8. The van der Waals surface area contributed by atoms with Crippen LogP contribution >= 0.6 is 0 Å². The molecule has 0 fully saturated rings. The zero-order valence-electron chi connectivity index (χ0n) is 18.5. The smallest absolute Gasteiger partial charge is 0.328 e. The highest BCUT2D eigenvalue weighted by molar-refractivity contribution is 6.07. The van der Waals surface area contributed by atoms with Gasteiger partial charge in [-0.2, -0.15) is 5.10 Å². The second-order valence-electron chi connectivity index (χ2n) is 7.67. The van der Waals surface area contributed by atoms with Gasteiger partial charge in [0.05, 0.1) is 30.0 Å². The third kappa shape index (κ3) is 4.91. The molecule has 31 heavy (non-hydrogen) atoms. The normalized spacial score (nSPS) is 12.2. The summed E-state index contributed by atoms with van der Waals surface area (Å²) in [6.07, 6.45) is 1.94. The van der Waals surface area contributed by atoms with E-state index in [-0.39, 0.29) is 6.04 Å². The van der Waals surface area contributed by atoms with Crippen LogP contribution < -0.4 is 5.32 Å². The summed E-state index contributed by atoms with van der Waals surface area (Å²) in [4.78, 5) is 30.2. The molecule has 3 rings (SSSR count). The van der Waals surface area contributed by atoms with Crippen molar-refractivity contribution in [2.45, 2.75) is 39.3 Å². The Morgan fingerprint density at radius 2 is 1.87 bits per heavy atom. The number of carbonyl (C=O) groups excluding carboxylic acids is 2. The molecule has 0 saturated heterocycles. The van der Waals surface area contributed by atoms with Gasteiger partial charge < -0.3 is 14.8 Å². The Bertz CT molecular complexity index is 1070. The van der Waals surface area contributed by atoms with Crippen molar-refractivity contribution in [2.75, 3.05) is 20.8 Å². The summed E-state index contributed by atoms with van der Waals surface area (Å²) < 4.78 is 11.7. The summed E-state index contributed by atoms with van der Waals surface area (Å²) in [5, 5.41) is 7.83. The lowest BCUT2D eigenvalue weighted by molar-refractivity contribution is -0.143. The van der Waals surface area contributed by atoms with Crippen molar-refractivity contribution >= 4 is 22.9 Å². The Hall–Kier alpha value is -3.26. The van der Waals surface area contributed by atoms with Gasteiger partial charge in [-0.25, -0.2) is 14.5 Å². The minimum atomic E-state index is -0.816. The Labute approximate surface area is 181 Å². The van der Waals surface area contributed by atoms with Crippen molar-refractivity contribution in [2.24, 2.45) is 0 Å². The number of nitrogens with zero attached hydrogens (tertiary/aromatic N) is 3. The molecule has 0 spiro atoms. The summed E-state index contributed by atoms with van der Waals surface area (Å²) >= 11 is 0. The number of methoxy groups -OCH3 is 2. The minimum absolute atomic E-state index is 0.0682. The highest BCUT2D eigenvalue weighted by Crippen LogP contribution is 2.26. The molecule has 1 aromatic carbocycles. The summed E-state index contributed by atoms with van der Waals surface area (Å²) in [7, 11) is 2.83. The van der Waals surface area contributed by atoms with Crippen LogP contribution in [0.2, 0.25) is 0 Å². The van der Waals surface area contributed by atoms with E-state index in [9.17, 15) is 9.59 Å². The SMILES string of the molecule is COCC[C@@H](NC(=O)c1cc(-c2ccc(C)cc2)nc2c1cnn2C(C)C)C(=O)OC. The summed E-state index contributed by atoms with van der Waals surface area (Å²) in [5.41, 5.74) is 3.70. The molecule has 1 atom stereocenters. The van der Waals surface area contributed by atoms with E-state index < -0.39 is 17.9 Å². The van der Waals surface area contributed by atoms with Crippen molar-refractivity contribution in [3.63, 3.8) is 0 Å². The van der Waals surface area contributed by atoms with Gasteiger partial charge in [-0.3, -0.25) is 4.79 Å². The van der Waals surface area contributed by atoms with Crippen molar-refractivity contribution in [1.82, 2.24) is 20.1 Å². The van der Waals surface area contributed by atoms with Crippen molar-refractivity contribution < 1.29 is 19.1 Å². The Kier molecular flexibility index (Phi) is 7.02. The number of amides is 1. The lowest BCUT2D eigenvalue weighted by atomic mass is 10.0. The van der Waals surface area contributed by atoms with Crippen LogP contribution in [0.5, 0.6) is 0 Å². The molecule has 3 aromatic rings. The van der Waals surface area contributed by atoms with E-state index >= 15 is 0 Å². The van der Waals surface area contributed by atoms with E-state index in [1.165, 1.54) is 14.2 Å². The van der Waals surface area contributed by atoms with Crippen LogP contribution in [0, 0.1) is 6.92 Å². The lowest BCUT2D eigenvalue weighted by Gasteiger charge is -2.17. The first-order valence-electron chi connectivity index (χ1n) is 10.2. The van der Waals surface area contributed by atoms with E-state index in [1.54, 1.807) is 16.9 Å².